The van der Waals surface area contributed by atoms with Crippen molar-refractivity contribution in [2.24, 2.45) is 0 Å². The minimum absolute atomic E-state index is 0.376. The zero-order chi connectivity index (χ0) is 16.4. The van der Waals surface area contributed by atoms with Gasteiger partial charge in [-0.25, -0.2) is 4.79 Å². The lowest BCUT2D eigenvalue weighted by atomic mass is 10.1. The van der Waals surface area contributed by atoms with E-state index >= 15 is 0 Å². The standard InChI is InChI=1S/C19H16ClNO2/c1-12-11-16(15-8-4-6-10-18(15)21-12)19(22)23-13(2)14-7-3-5-9-17(14)20/h3-11,13H,1-2H3/t13-/m0/s1. The van der Waals surface area contributed by atoms with E-state index in [4.69, 9.17) is 16.3 Å². The second kappa shape index (κ2) is 6.39. The number of fused-ring (bicyclic) bond motifs is 1. The number of rotatable bonds is 3. The van der Waals surface area contributed by atoms with E-state index in [9.17, 15) is 4.79 Å². The van der Waals surface area contributed by atoms with Crippen LogP contribution in [0.4, 0.5) is 0 Å². The Labute approximate surface area is 139 Å². The number of para-hydroxylation sites is 1. The number of esters is 1. The summed E-state index contributed by atoms with van der Waals surface area (Å²) in [5.41, 5.74) is 2.87. The van der Waals surface area contributed by atoms with Crippen LogP contribution >= 0.6 is 11.6 Å². The molecule has 3 nitrogen and oxygen atoms in total. The molecule has 0 N–H and O–H groups in total. The molecule has 0 unspecified atom stereocenters. The average Bonchev–Trinajstić information content (AvgIpc) is 2.54. The Kier molecular flexibility index (Phi) is 4.30. The first kappa shape index (κ1) is 15.5. The van der Waals surface area contributed by atoms with E-state index in [1.807, 2.05) is 56.3 Å². The van der Waals surface area contributed by atoms with Crippen molar-refractivity contribution >= 4 is 28.5 Å². The Morgan fingerprint density at radius 1 is 1.13 bits per heavy atom. The van der Waals surface area contributed by atoms with E-state index in [0.717, 1.165) is 22.2 Å². The quantitative estimate of drug-likeness (QED) is 0.628. The van der Waals surface area contributed by atoms with E-state index in [2.05, 4.69) is 4.98 Å². The van der Waals surface area contributed by atoms with E-state index in [1.54, 1.807) is 12.1 Å². The first-order valence-electron chi connectivity index (χ1n) is 7.38. The molecule has 0 radical (unpaired) electrons. The number of hydrogen-bond acceptors (Lipinski definition) is 3. The molecule has 0 aliphatic heterocycles. The molecule has 0 fully saturated rings. The molecule has 0 saturated heterocycles. The SMILES string of the molecule is Cc1cc(C(=O)O[C@@H](C)c2ccccc2Cl)c2ccccc2n1. The molecule has 0 saturated carbocycles. The molecular formula is C19H16ClNO2. The van der Waals surface area contributed by atoms with Crippen molar-refractivity contribution in [2.45, 2.75) is 20.0 Å². The zero-order valence-electron chi connectivity index (χ0n) is 12.9. The summed E-state index contributed by atoms with van der Waals surface area (Å²) < 4.78 is 5.62. The zero-order valence-corrected chi connectivity index (χ0v) is 13.7. The Morgan fingerprint density at radius 2 is 1.83 bits per heavy atom. The van der Waals surface area contributed by atoms with Crippen molar-refractivity contribution in [3.63, 3.8) is 0 Å². The molecule has 23 heavy (non-hydrogen) atoms. The largest absolute Gasteiger partial charge is 0.454 e. The molecule has 0 bridgehead atoms. The Bertz CT molecular complexity index is 876. The van der Waals surface area contributed by atoms with Gasteiger partial charge in [0, 0.05) is 21.7 Å². The van der Waals surface area contributed by atoms with Crippen LogP contribution in [0.15, 0.2) is 54.6 Å². The lowest BCUT2D eigenvalue weighted by molar-refractivity contribution is 0.0340. The first-order chi connectivity index (χ1) is 11.1. The van der Waals surface area contributed by atoms with Crippen molar-refractivity contribution in [2.75, 3.05) is 0 Å². The molecule has 1 atom stereocenters. The summed E-state index contributed by atoms with van der Waals surface area (Å²) >= 11 is 6.17. The van der Waals surface area contributed by atoms with Crippen molar-refractivity contribution in [1.29, 1.82) is 0 Å². The fourth-order valence-corrected chi connectivity index (χ4v) is 2.86. The summed E-state index contributed by atoms with van der Waals surface area (Å²) in [7, 11) is 0. The molecule has 3 aromatic rings. The number of aryl methyl sites for hydroxylation is 1. The fourth-order valence-electron chi connectivity index (χ4n) is 2.57. The van der Waals surface area contributed by atoms with Crippen LogP contribution in [0.2, 0.25) is 5.02 Å². The topological polar surface area (TPSA) is 39.2 Å². The van der Waals surface area contributed by atoms with Crippen LogP contribution < -0.4 is 0 Å². The smallest absolute Gasteiger partial charge is 0.339 e. The molecular weight excluding hydrogens is 310 g/mol. The van der Waals surface area contributed by atoms with Crippen LogP contribution in [0.5, 0.6) is 0 Å². The van der Waals surface area contributed by atoms with Gasteiger partial charge in [-0.3, -0.25) is 4.98 Å². The number of carbonyl (C=O) groups excluding carboxylic acids is 1. The highest BCUT2D eigenvalue weighted by Crippen LogP contribution is 2.27. The number of nitrogens with zero attached hydrogens (tertiary/aromatic N) is 1. The summed E-state index contributed by atoms with van der Waals surface area (Å²) in [5, 5.41) is 1.37. The molecule has 0 aliphatic rings. The molecule has 1 heterocycles. The predicted molar refractivity (Wildman–Crippen MR) is 91.8 cm³/mol. The van der Waals surface area contributed by atoms with Gasteiger partial charge in [0.2, 0.25) is 0 Å². The van der Waals surface area contributed by atoms with E-state index < -0.39 is 6.10 Å². The van der Waals surface area contributed by atoms with Crippen molar-refractivity contribution < 1.29 is 9.53 Å². The predicted octanol–water partition coefficient (Wildman–Crippen LogP) is 5.11. The van der Waals surface area contributed by atoms with Crippen LogP contribution in [0.25, 0.3) is 10.9 Å². The third kappa shape index (κ3) is 3.20. The van der Waals surface area contributed by atoms with Crippen molar-refractivity contribution in [3.05, 3.63) is 76.4 Å². The molecule has 4 heteroatoms. The Hall–Kier alpha value is -2.39. The molecule has 2 aromatic carbocycles. The molecule has 1 aromatic heterocycles. The van der Waals surface area contributed by atoms with Crippen molar-refractivity contribution in [1.82, 2.24) is 4.98 Å². The van der Waals surface area contributed by atoms with Crippen LogP contribution in [0, 0.1) is 6.92 Å². The van der Waals surface area contributed by atoms with Gasteiger partial charge in [-0.05, 0) is 32.0 Å². The summed E-state index contributed by atoms with van der Waals surface area (Å²) in [6.07, 6.45) is -0.427. The number of ether oxygens (including phenoxy) is 1. The van der Waals surface area contributed by atoms with Gasteiger partial charge in [-0.1, -0.05) is 48.0 Å². The van der Waals surface area contributed by atoms with Gasteiger partial charge >= 0.3 is 5.97 Å². The number of aromatic nitrogens is 1. The second-order valence-electron chi connectivity index (χ2n) is 5.40. The third-order valence-corrected chi connectivity index (χ3v) is 4.04. The van der Waals surface area contributed by atoms with Gasteiger partial charge in [0.05, 0.1) is 11.1 Å². The van der Waals surface area contributed by atoms with Gasteiger partial charge < -0.3 is 4.74 Å². The van der Waals surface area contributed by atoms with Gasteiger partial charge in [0.25, 0.3) is 0 Å². The molecule has 0 aliphatic carbocycles. The molecule has 3 rings (SSSR count). The third-order valence-electron chi connectivity index (χ3n) is 3.69. The van der Waals surface area contributed by atoms with Gasteiger partial charge in [0.15, 0.2) is 0 Å². The maximum Gasteiger partial charge on any atom is 0.339 e. The normalized spacial score (nSPS) is 12.1. The molecule has 0 spiro atoms. The number of pyridine rings is 1. The lowest BCUT2D eigenvalue weighted by Crippen LogP contribution is -2.11. The van der Waals surface area contributed by atoms with Gasteiger partial charge in [-0.15, -0.1) is 0 Å². The number of hydrogen-bond donors (Lipinski definition) is 0. The summed E-state index contributed by atoms with van der Waals surface area (Å²) in [6.45, 7) is 3.68. The monoisotopic (exact) mass is 325 g/mol. The van der Waals surface area contributed by atoms with E-state index in [-0.39, 0.29) is 5.97 Å². The number of halogens is 1. The summed E-state index contributed by atoms with van der Waals surface area (Å²) in [6, 6.07) is 16.7. The van der Waals surface area contributed by atoms with Crippen LogP contribution in [-0.4, -0.2) is 11.0 Å². The maximum absolute atomic E-state index is 12.6. The fraction of sp³-hybridized carbons (Fsp3) is 0.158. The average molecular weight is 326 g/mol. The highest BCUT2D eigenvalue weighted by atomic mass is 35.5. The van der Waals surface area contributed by atoms with Crippen LogP contribution in [-0.2, 0) is 4.74 Å². The minimum Gasteiger partial charge on any atom is -0.454 e. The van der Waals surface area contributed by atoms with Gasteiger partial charge in [0.1, 0.15) is 6.10 Å². The Balaban J connectivity index is 1.94. The van der Waals surface area contributed by atoms with E-state index in [1.165, 1.54) is 0 Å². The van der Waals surface area contributed by atoms with Crippen LogP contribution in [0.3, 0.4) is 0 Å². The number of carbonyl (C=O) groups is 1. The summed E-state index contributed by atoms with van der Waals surface area (Å²) in [5.74, 6) is -0.376. The minimum atomic E-state index is -0.427. The molecule has 116 valence electrons. The van der Waals surface area contributed by atoms with Gasteiger partial charge in [-0.2, -0.15) is 0 Å². The lowest BCUT2D eigenvalue weighted by Gasteiger charge is -2.16. The molecule has 0 amide bonds. The summed E-state index contributed by atoms with van der Waals surface area (Å²) in [4.78, 5) is 17.1. The highest BCUT2D eigenvalue weighted by molar-refractivity contribution is 6.31. The number of benzene rings is 2. The van der Waals surface area contributed by atoms with Crippen molar-refractivity contribution in [3.8, 4) is 0 Å². The first-order valence-corrected chi connectivity index (χ1v) is 7.76. The van der Waals surface area contributed by atoms with Crippen LogP contribution in [0.1, 0.15) is 34.6 Å². The second-order valence-corrected chi connectivity index (χ2v) is 5.80. The highest BCUT2D eigenvalue weighted by Gasteiger charge is 2.18. The maximum atomic E-state index is 12.6. The Morgan fingerprint density at radius 3 is 2.61 bits per heavy atom. The van der Waals surface area contributed by atoms with E-state index in [0.29, 0.717) is 10.6 Å².